The molecule has 7 N–H and O–H groups in total. The molecule has 0 saturated carbocycles. The predicted octanol–water partition coefficient (Wildman–Crippen LogP) is 1.08. The van der Waals surface area contributed by atoms with Crippen LogP contribution < -0.4 is 26.9 Å². The van der Waals surface area contributed by atoms with Crippen LogP contribution in [0.5, 0.6) is 0 Å². The quantitative estimate of drug-likeness (QED) is 0.286. The van der Waals surface area contributed by atoms with Gasteiger partial charge < -0.3 is 26.3 Å². The Balaban J connectivity index is 0.000000553. The summed E-state index contributed by atoms with van der Waals surface area (Å²) in [6, 6.07) is 1.16. The minimum Gasteiger partial charge on any atom is -0.475 e. The normalized spacial score (nSPS) is 13.8. The number of carbonyl (C=O) groups is 2. The Labute approximate surface area is 170 Å². The molecule has 1 aromatic heterocycles. The lowest BCUT2D eigenvalue weighted by Crippen LogP contribution is -2.36. The maximum atomic E-state index is 11.9. The summed E-state index contributed by atoms with van der Waals surface area (Å²) in [5.74, 6) is -2.03. The van der Waals surface area contributed by atoms with Crippen LogP contribution in [0.3, 0.4) is 0 Å². The first-order chi connectivity index (χ1) is 14.1. The Bertz CT molecular complexity index is 764. The number of rotatable bonds is 6. The molecule has 170 valence electrons. The number of aliphatic carboxylic acids is 1. The van der Waals surface area contributed by atoms with E-state index in [9.17, 15) is 23.2 Å². The minimum atomic E-state index is -5.08. The van der Waals surface area contributed by atoms with Gasteiger partial charge in [-0.3, -0.25) is 10.7 Å². The molecule has 1 fully saturated rings. The molecule has 2 rings (SSSR count). The average Bonchev–Trinajstić information content (AvgIpc) is 2.69. The van der Waals surface area contributed by atoms with Gasteiger partial charge in [-0.15, -0.1) is 4.73 Å². The predicted molar refractivity (Wildman–Crippen MR) is 100 cm³/mol. The fourth-order valence-electron chi connectivity index (χ4n) is 2.49. The van der Waals surface area contributed by atoms with Crippen LogP contribution in [0.4, 0.5) is 29.6 Å². The summed E-state index contributed by atoms with van der Waals surface area (Å²) in [7, 11) is 0. The van der Waals surface area contributed by atoms with Crippen molar-refractivity contribution in [3.8, 4) is 0 Å². The van der Waals surface area contributed by atoms with Gasteiger partial charge in [-0.25, -0.2) is 9.59 Å². The molecule has 0 bridgehead atoms. The van der Waals surface area contributed by atoms with Crippen LogP contribution in [0.25, 0.3) is 0 Å². The van der Waals surface area contributed by atoms with Crippen molar-refractivity contribution >= 4 is 23.6 Å². The monoisotopic (exact) mass is 437 g/mol. The van der Waals surface area contributed by atoms with Crippen LogP contribution in [0.1, 0.15) is 32.1 Å². The van der Waals surface area contributed by atoms with E-state index in [2.05, 4.69) is 20.5 Å². The fourth-order valence-corrected chi connectivity index (χ4v) is 2.49. The number of alkyl halides is 3. The van der Waals surface area contributed by atoms with Gasteiger partial charge in [0.2, 0.25) is 0 Å². The first-order valence-electron chi connectivity index (χ1n) is 9.24. The lowest BCUT2D eigenvalue weighted by atomic mass is 10.1. The van der Waals surface area contributed by atoms with Crippen LogP contribution in [-0.2, 0) is 4.79 Å². The van der Waals surface area contributed by atoms with Gasteiger partial charge in [0.15, 0.2) is 5.82 Å². The number of urea groups is 1. The smallest absolute Gasteiger partial charge is 0.475 e. The molecule has 2 amide bonds. The highest BCUT2D eigenvalue weighted by Crippen LogP contribution is 2.19. The number of piperidine rings is 1. The Morgan fingerprint density at radius 3 is 2.37 bits per heavy atom. The summed E-state index contributed by atoms with van der Waals surface area (Å²) in [5.41, 5.74) is 5.08. The Hall–Kier alpha value is -3.03. The second-order valence-electron chi connectivity index (χ2n) is 6.36. The van der Waals surface area contributed by atoms with E-state index < -0.39 is 18.2 Å². The molecule has 0 atom stereocenters. The van der Waals surface area contributed by atoms with E-state index in [1.807, 2.05) is 0 Å². The number of halogens is 3. The molecular weight excluding hydrogens is 411 g/mol. The van der Waals surface area contributed by atoms with Gasteiger partial charge in [0, 0.05) is 25.7 Å². The molecule has 0 radical (unpaired) electrons. The van der Waals surface area contributed by atoms with E-state index in [4.69, 9.17) is 21.0 Å². The van der Waals surface area contributed by atoms with E-state index in [-0.39, 0.29) is 11.4 Å². The van der Waals surface area contributed by atoms with Crippen molar-refractivity contribution < 1.29 is 33.1 Å². The lowest BCUT2D eigenvalue weighted by molar-refractivity contribution is -0.192. The third-order valence-corrected chi connectivity index (χ3v) is 4.00. The second kappa shape index (κ2) is 11.8. The van der Waals surface area contributed by atoms with Crippen molar-refractivity contribution in [3.63, 3.8) is 0 Å². The van der Waals surface area contributed by atoms with E-state index in [0.717, 1.165) is 38.8 Å². The van der Waals surface area contributed by atoms with E-state index in [1.54, 1.807) is 6.07 Å². The van der Waals surface area contributed by atoms with Crippen molar-refractivity contribution in [2.45, 2.75) is 38.3 Å². The molecule has 1 aromatic rings. The topological polar surface area (TPSA) is 170 Å². The molecule has 11 nitrogen and oxygen atoms in total. The van der Waals surface area contributed by atoms with Gasteiger partial charge in [0.05, 0.1) is 0 Å². The molecule has 0 aromatic carbocycles. The number of nitrogens with one attached hydrogen (secondary N) is 3. The van der Waals surface area contributed by atoms with Crippen molar-refractivity contribution in [1.82, 2.24) is 15.0 Å². The number of nitrogens with zero attached hydrogens (tertiary/aromatic N) is 3. The third-order valence-electron chi connectivity index (χ3n) is 4.00. The fraction of sp³-hybridized carbons (Fsp3) is 0.625. The van der Waals surface area contributed by atoms with Gasteiger partial charge >= 0.3 is 18.2 Å². The molecule has 0 unspecified atom stereocenters. The number of amides is 2. The zero-order valence-corrected chi connectivity index (χ0v) is 16.2. The minimum absolute atomic E-state index is 0.127. The summed E-state index contributed by atoms with van der Waals surface area (Å²) < 4.78 is 32.3. The highest BCUT2D eigenvalue weighted by atomic mass is 19.4. The summed E-state index contributed by atoms with van der Waals surface area (Å²) in [4.78, 5) is 26.9. The first kappa shape index (κ1) is 25.0. The molecule has 0 aliphatic carbocycles. The zero-order chi connectivity index (χ0) is 22.7. The SMILES string of the molecule is N=c1nc(N2CCCCC2)cc(NC(=O)NCCCCN)n1O.O=C(O)C(F)(F)F. The number of carboxylic acids is 1. The van der Waals surface area contributed by atoms with E-state index in [1.165, 1.54) is 6.42 Å². The molecular formula is C16H26F3N7O4. The summed E-state index contributed by atoms with van der Waals surface area (Å²) >= 11 is 0. The maximum absolute atomic E-state index is 11.9. The number of aromatic nitrogens is 2. The third kappa shape index (κ3) is 8.55. The van der Waals surface area contributed by atoms with Crippen LogP contribution in [0.2, 0.25) is 0 Å². The van der Waals surface area contributed by atoms with Crippen molar-refractivity contribution in [2.75, 3.05) is 36.4 Å². The van der Waals surface area contributed by atoms with Crippen LogP contribution in [0.15, 0.2) is 6.07 Å². The van der Waals surface area contributed by atoms with Crippen molar-refractivity contribution in [2.24, 2.45) is 5.73 Å². The van der Waals surface area contributed by atoms with Crippen LogP contribution >= 0.6 is 0 Å². The molecule has 0 spiro atoms. The number of carbonyl (C=O) groups excluding carboxylic acids is 1. The van der Waals surface area contributed by atoms with Gasteiger partial charge in [0.25, 0.3) is 5.62 Å². The summed E-state index contributed by atoms with van der Waals surface area (Å²) in [6.07, 6.45) is -0.109. The molecule has 14 heteroatoms. The average molecular weight is 437 g/mol. The lowest BCUT2D eigenvalue weighted by Gasteiger charge is -2.28. The van der Waals surface area contributed by atoms with E-state index in [0.29, 0.717) is 23.6 Å². The zero-order valence-electron chi connectivity index (χ0n) is 16.2. The summed E-state index contributed by atoms with van der Waals surface area (Å²) in [5, 5.41) is 30.0. The molecule has 1 aliphatic heterocycles. The highest BCUT2D eigenvalue weighted by molar-refractivity contribution is 5.88. The summed E-state index contributed by atoms with van der Waals surface area (Å²) in [6.45, 7) is 2.83. The number of carboxylic acid groups (broad SMARTS) is 1. The largest absolute Gasteiger partial charge is 0.490 e. The van der Waals surface area contributed by atoms with Gasteiger partial charge in [-0.1, -0.05) is 0 Å². The standard InChI is InChI=1S/C14H25N7O2.C2HF3O2/c15-6-2-3-7-17-14(22)19-12-10-11(18-13(16)21(12)23)20-8-4-1-5-9-20;3-2(4,5)1(6)7/h10,16,23H,1-9,15H2,(H2,17,19,22);(H,6,7). The number of anilines is 2. The van der Waals surface area contributed by atoms with Gasteiger partial charge in [-0.2, -0.15) is 18.2 Å². The molecule has 1 saturated heterocycles. The number of unbranched alkanes of at least 4 members (excludes halogenated alkanes) is 1. The molecule has 30 heavy (non-hydrogen) atoms. The maximum Gasteiger partial charge on any atom is 0.490 e. The first-order valence-corrected chi connectivity index (χ1v) is 9.24. The Kier molecular flexibility index (Phi) is 9.88. The second-order valence-corrected chi connectivity index (χ2v) is 6.36. The molecule has 1 aliphatic rings. The van der Waals surface area contributed by atoms with Gasteiger partial charge in [-0.05, 0) is 38.6 Å². The van der Waals surface area contributed by atoms with Crippen LogP contribution in [-0.4, -0.2) is 64.4 Å². The molecule has 2 heterocycles. The van der Waals surface area contributed by atoms with Crippen molar-refractivity contribution in [3.05, 3.63) is 11.7 Å². The van der Waals surface area contributed by atoms with Gasteiger partial charge in [0.1, 0.15) is 5.82 Å². The number of nitrogens with two attached hydrogens (primary N) is 1. The van der Waals surface area contributed by atoms with Crippen molar-refractivity contribution in [1.29, 1.82) is 5.41 Å². The number of hydrogen-bond acceptors (Lipinski definition) is 7. The van der Waals surface area contributed by atoms with Crippen LogP contribution in [0, 0.1) is 5.41 Å². The Morgan fingerprint density at radius 1 is 1.23 bits per heavy atom. The Morgan fingerprint density at radius 2 is 1.83 bits per heavy atom. The number of hydrogen-bond donors (Lipinski definition) is 6. The van der Waals surface area contributed by atoms with E-state index >= 15 is 0 Å². The highest BCUT2D eigenvalue weighted by Gasteiger charge is 2.38.